The van der Waals surface area contributed by atoms with E-state index in [2.05, 4.69) is 0 Å². The van der Waals surface area contributed by atoms with Gasteiger partial charge in [-0.2, -0.15) is 0 Å². The number of hydrogen-bond donors (Lipinski definition) is 2. The molecule has 4 N–H and O–H groups in total. The van der Waals surface area contributed by atoms with Crippen LogP contribution in [0.1, 0.15) is 20.3 Å². The fraction of sp³-hybridized carbons (Fsp3) is 0.733. The largest absolute Gasteiger partial charge is 0.550 e. The van der Waals surface area contributed by atoms with E-state index in [0.29, 0.717) is 0 Å². The number of carboxylic acid groups (broad SMARTS) is 2. The SMILES string of the molecule is CC(=O)[O-].CCC(=O)[O-].CN(C)C(N)=[N+](C)C.CN(C)C(N)=[N+](C)C. The Bertz CT molecular complexity index is 405. The van der Waals surface area contributed by atoms with Crippen LogP contribution in [0.2, 0.25) is 0 Å². The fourth-order valence-corrected chi connectivity index (χ4v) is 0.800. The fourth-order valence-electron chi connectivity index (χ4n) is 0.800. The van der Waals surface area contributed by atoms with Crippen molar-refractivity contribution in [2.75, 3.05) is 56.4 Å². The van der Waals surface area contributed by atoms with Gasteiger partial charge in [-0.3, -0.25) is 30.4 Å². The van der Waals surface area contributed by atoms with Gasteiger partial charge in [0, 0.05) is 11.9 Å². The Morgan fingerprint density at radius 3 is 1.00 bits per heavy atom. The Morgan fingerprint density at radius 2 is 1.00 bits per heavy atom. The van der Waals surface area contributed by atoms with E-state index < -0.39 is 11.9 Å². The summed E-state index contributed by atoms with van der Waals surface area (Å²) in [6.45, 7) is 2.51. The minimum atomic E-state index is -1.08. The van der Waals surface area contributed by atoms with Crippen molar-refractivity contribution in [1.82, 2.24) is 9.80 Å². The van der Waals surface area contributed by atoms with E-state index >= 15 is 0 Å². The summed E-state index contributed by atoms with van der Waals surface area (Å²) in [5.41, 5.74) is 11.1. The smallest absolute Gasteiger partial charge is 0.344 e. The Morgan fingerprint density at radius 1 is 0.840 bits per heavy atom. The molecule has 0 aliphatic carbocycles. The minimum Gasteiger partial charge on any atom is -0.550 e. The summed E-state index contributed by atoms with van der Waals surface area (Å²) in [6, 6.07) is 0. The van der Waals surface area contributed by atoms with Gasteiger partial charge < -0.3 is 19.8 Å². The number of carbonyl (C=O) groups is 2. The van der Waals surface area contributed by atoms with Crippen molar-refractivity contribution in [3.63, 3.8) is 0 Å². The van der Waals surface area contributed by atoms with Crippen LogP contribution in [0.25, 0.3) is 0 Å². The zero-order valence-corrected chi connectivity index (χ0v) is 17.3. The average Bonchev–Trinajstić information content (AvgIpc) is 2.45. The third kappa shape index (κ3) is 34.0. The first-order chi connectivity index (χ1) is 11.1. The van der Waals surface area contributed by atoms with Crippen LogP contribution in [0.15, 0.2) is 0 Å². The highest BCUT2D eigenvalue weighted by Gasteiger charge is 2.01. The first-order valence-corrected chi connectivity index (χ1v) is 7.43. The maximum Gasteiger partial charge on any atom is 0.344 e. The van der Waals surface area contributed by atoms with Gasteiger partial charge in [0.05, 0.1) is 56.4 Å². The molecule has 0 amide bonds. The van der Waals surface area contributed by atoms with Gasteiger partial charge in [-0.25, -0.2) is 0 Å². The number of hydrogen-bond acceptors (Lipinski definition) is 4. The minimum absolute atomic E-state index is 0.111. The second kappa shape index (κ2) is 17.8. The van der Waals surface area contributed by atoms with Crippen LogP contribution in [0.5, 0.6) is 0 Å². The Balaban J connectivity index is -0.000000122. The summed E-state index contributed by atoms with van der Waals surface area (Å²) in [4.78, 5) is 21.9. The third-order valence-corrected chi connectivity index (χ3v) is 2.12. The van der Waals surface area contributed by atoms with Crippen molar-refractivity contribution in [1.29, 1.82) is 0 Å². The van der Waals surface area contributed by atoms with Gasteiger partial charge in [0.25, 0.3) is 0 Å². The van der Waals surface area contributed by atoms with E-state index in [1.807, 2.05) is 75.3 Å². The molecule has 0 radical (unpaired) electrons. The standard InChI is InChI=1S/2C5H13N3.C3H6O2.C2H4O2/c2*1-7(2)5(6)8(3)4;1-2-3(4)5;1-2(3)4/h2*6H,1-4H3;2H2,1H3,(H,4,5);1H3,(H,3,4). The van der Waals surface area contributed by atoms with Gasteiger partial charge in [-0.1, -0.05) is 6.92 Å². The molecular weight excluding hydrogens is 328 g/mol. The van der Waals surface area contributed by atoms with Crippen molar-refractivity contribution in [3.8, 4) is 0 Å². The Hall–Kier alpha value is -2.52. The van der Waals surface area contributed by atoms with Crippen LogP contribution in [0.3, 0.4) is 0 Å². The van der Waals surface area contributed by atoms with E-state index in [4.69, 9.17) is 21.4 Å². The molecule has 0 aromatic carbocycles. The molecule has 10 nitrogen and oxygen atoms in total. The van der Waals surface area contributed by atoms with Gasteiger partial charge >= 0.3 is 11.9 Å². The normalized spacial score (nSPS) is 7.92. The van der Waals surface area contributed by atoms with Crippen molar-refractivity contribution in [2.45, 2.75) is 20.3 Å². The van der Waals surface area contributed by atoms with E-state index in [1.54, 1.807) is 0 Å². The van der Waals surface area contributed by atoms with Crippen molar-refractivity contribution in [3.05, 3.63) is 0 Å². The number of guanidine groups is 2. The molecule has 0 rings (SSSR count). The van der Waals surface area contributed by atoms with Crippen molar-refractivity contribution >= 4 is 23.9 Å². The second-order valence-electron chi connectivity index (χ2n) is 5.51. The van der Waals surface area contributed by atoms with Gasteiger partial charge in [0.1, 0.15) is 0 Å². The van der Waals surface area contributed by atoms with E-state index in [1.165, 1.54) is 6.92 Å². The predicted octanol–water partition coefficient (Wildman–Crippen LogP) is -3.83. The lowest BCUT2D eigenvalue weighted by Crippen LogP contribution is -2.36. The summed E-state index contributed by atoms with van der Waals surface area (Å²) in [6.07, 6.45) is 0.111. The highest BCUT2D eigenvalue weighted by Crippen LogP contribution is 1.69. The van der Waals surface area contributed by atoms with Crippen LogP contribution >= 0.6 is 0 Å². The molecule has 25 heavy (non-hydrogen) atoms. The van der Waals surface area contributed by atoms with E-state index in [-0.39, 0.29) is 6.42 Å². The van der Waals surface area contributed by atoms with Crippen LogP contribution in [0, 0.1) is 0 Å². The van der Waals surface area contributed by atoms with Gasteiger partial charge in [0.15, 0.2) is 0 Å². The number of carbonyl (C=O) groups excluding carboxylic acids is 2. The number of rotatable bonds is 1. The molecule has 0 unspecified atom stereocenters. The predicted molar refractivity (Wildman–Crippen MR) is 96.0 cm³/mol. The topological polar surface area (TPSA) is 145 Å². The molecule has 0 bridgehead atoms. The average molecular weight is 364 g/mol. The lowest BCUT2D eigenvalue weighted by atomic mass is 10.5. The summed E-state index contributed by atoms with van der Waals surface area (Å²) >= 11 is 0. The van der Waals surface area contributed by atoms with Gasteiger partial charge in [-0.05, 0) is 13.3 Å². The number of carboxylic acids is 2. The first-order valence-electron chi connectivity index (χ1n) is 7.43. The summed E-state index contributed by atoms with van der Waals surface area (Å²) in [7, 11) is 15.3. The summed E-state index contributed by atoms with van der Waals surface area (Å²) in [5, 5.41) is 18.1. The Kier molecular flexibility index (Phi) is 21.7. The Labute approximate surface area is 151 Å². The quantitative estimate of drug-likeness (QED) is 0.273. The molecular formula is C15H36N6O4. The van der Waals surface area contributed by atoms with Crippen LogP contribution in [0.4, 0.5) is 0 Å². The van der Waals surface area contributed by atoms with Crippen LogP contribution in [-0.4, -0.2) is 99.2 Å². The molecule has 0 aliphatic heterocycles. The van der Waals surface area contributed by atoms with Gasteiger partial charge in [0.2, 0.25) is 0 Å². The molecule has 10 heteroatoms. The van der Waals surface area contributed by atoms with Crippen LogP contribution < -0.4 is 21.7 Å². The lowest BCUT2D eigenvalue weighted by molar-refractivity contribution is -0.470. The molecule has 0 heterocycles. The number of aliphatic carboxylic acids is 2. The highest BCUT2D eigenvalue weighted by atomic mass is 16.4. The maximum atomic E-state index is 9.26. The molecule has 0 aromatic heterocycles. The molecule has 0 spiro atoms. The zero-order valence-electron chi connectivity index (χ0n) is 17.3. The van der Waals surface area contributed by atoms with Crippen molar-refractivity contribution in [2.24, 2.45) is 11.5 Å². The first kappa shape index (κ1) is 30.4. The summed E-state index contributed by atoms with van der Waals surface area (Å²) < 4.78 is 3.72. The monoisotopic (exact) mass is 364 g/mol. The maximum absolute atomic E-state index is 9.26. The second-order valence-corrected chi connectivity index (χ2v) is 5.51. The summed E-state index contributed by atoms with van der Waals surface area (Å²) in [5.74, 6) is -0.542. The molecule has 0 saturated heterocycles. The number of nitrogens with zero attached hydrogens (tertiary/aromatic N) is 4. The number of nitrogens with two attached hydrogens (primary N) is 2. The highest BCUT2D eigenvalue weighted by molar-refractivity contribution is 5.72. The molecule has 0 aromatic rings. The van der Waals surface area contributed by atoms with Gasteiger partial charge in [-0.15, -0.1) is 0 Å². The molecule has 0 saturated carbocycles. The van der Waals surface area contributed by atoms with E-state index in [0.717, 1.165) is 18.8 Å². The molecule has 0 atom stereocenters. The molecule has 0 aliphatic rings. The third-order valence-electron chi connectivity index (χ3n) is 2.12. The van der Waals surface area contributed by atoms with Crippen LogP contribution in [-0.2, 0) is 9.59 Å². The molecule has 0 fully saturated rings. The van der Waals surface area contributed by atoms with E-state index in [9.17, 15) is 9.90 Å². The lowest BCUT2D eigenvalue weighted by Gasteiger charge is -2.05. The zero-order chi connectivity index (χ0) is 21.3. The van der Waals surface area contributed by atoms with Crippen molar-refractivity contribution < 1.29 is 29.0 Å². The molecule has 150 valence electrons.